The van der Waals surface area contributed by atoms with Crippen LogP contribution in [0.15, 0.2) is 12.2 Å². The molecule has 0 fully saturated rings. The van der Waals surface area contributed by atoms with Gasteiger partial charge in [-0.15, -0.1) is 0 Å². The minimum atomic E-state index is -4.38. The Labute approximate surface area is 332 Å². The van der Waals surface area contributed by atoms with E-state index in [0.717, 1.165) is 38.5 Å². The number of rotatable bonds is 43. The van der Waals surface area contributed by atoms with Crippen molar-refractivity contribution >= 4 is 19.8 Å². The van der Waals surface area contributed by atoms with Gasteiger partial charge in [0, 0.05) is 19.4 Å². The summed E-state index contributed by atoms with van der Waals surface area (Å²) >= 11 is 0. The molecule has 0 aliphatic heterocycles. The maximum atomic E-state index is 12.6. The molecule has 0 bridgehead atoms. The molecule has 0 rings (SSSR count). The number of ether oxygens (including phenoxy) is 2. The van der Waals surface area contributed by atoms with Crippen LogP contribution in [0.4, 0.5) is 0 Å². The largest absolute Gasteiger partial charge is 0.472 e. The number of hydrogen-bond donors (Lipinski definition) is 2. The van der Waals surface area contributed by atoms with Gasteiger partial charge in [0.2, 0.25) is 0 Å². The van der Waals surface area contributed by atoms with Crippen LogP contribution < -0.4 is 5.73 Å². The minimum Gasteiger partial charge on any atom is -0.462 e. The molecule has 1 unspecified atom stereocenters. The molecule has 54 heavy (non-hydrogen) atoms. The lowest BCUT2D eigenvalue weighted by atomic mass is 10.0. The molecule has 10 heteroatoms. The zero-order valence-electron chi connectivity index (χ0n) is 35.2. The molecular weight excluding hydrogens is 701 g/mol. The van der Waals surface area contributed by atoms with E-state index >= 15 is 0 Å². The van der Waals surface area contributed by atoms with E-state index in [2.05, 4.69) is 26.0 Å². The Bertz CT molecular complexity index is 902. The van der Waals surface area contributed by atoms with Crippen LogP contribution in [-0.4, -0.2) is 49.3 Å². The molecule has 2 atom stereocenters. The highest BCUT2D eigenvalue weighted by molar-refractivity contribution is 7.47. The summed E-state index contributed by atoms with van der Waals surface area (Å²) in [6.07, 6.45) is 42.4. The third kappa shape index (κ3) is 40.4. The summed E-state index contributed by atoms with van der Waals surface area (Å²) in [5.41, 5.74) is 5.35. The first-order valence-corrected chi connectivity index (χ1v) is 24.2. The first kappa shape index (κ1) is 52.8. The van der Waals surface area contributed by atoms with Gasteiger partial charge in [-0.25, -0.2) is 4.57 Å². The van der Waals surface area contributed by atoms with E-state index in [0.29, 0.717) is 6.42 Å². The zero-order valence-corrected chi connectivity index (χ0v) is 36.1. The van der Waals surface area contributed by atoms with Crippen molar-refractivity contribution in [3.05, 3.63) is 12.2 Å². The molecule has 0 amide bonds. The average molecular weight is 788 g/mol. The fraction of sp³-hybridized carbons (Fsp3) is 0.909. The molecule has 320 valence electrons. The van der Waals surface area contributed by atoms with E-state index in [9.17, 15) is 19.0 Å². The van der Waals surface area contributed by atoms with Crippen LogP contribution in [0.3, 0.4) is 0 Å². The smallest absolute Gasteiger partial charge is 0.462 e. The minimum absolute atomic E-state index is 0.0534. The number of phosphoric ester groups is 1. The number of nitrogens with two attached hydrogens (primary N) is 1. The van der Waals surface area contributed by atoms with Crippen molar-refractivity contribution in [3.8, 4) is 0 Å². The van der Waals surface area contributed by atoms with E-state index < -0.39 is 26.5 Å². The summed E-state index contributed by atoms with van der Waals surface area (Å²) in [5.74, 6) is -0.842. The Balaban J connectivity index is 4.10. The van der Waals surface area contributed by atoms with Gasteiger partial charge < -0.3 is 20.1 Å². The van der Waals surface area contributed by atoms with Gasteiger partial charge in [-0.3, -0.25) is 18.6 Å². The third-order valence-electron chi connectivity index (χ3n) is 9.90. The summed E-state index contributed by atoms with van der Waals surface area (Å²) in [5, 5.41) is 0. The van der Waals surface area contributed by atoms with Gasteiger partial charge >= 0.3 is 19.8 Å². The molecule has 0 heterocycles. The van der Waals surface area contributed by atoms with Gasteiger partial charge in [0.05, 0.1) is 13.2 Å². The SMILES string of the molecule is CCCCCCCCCCC/C=C/CCCCC(=O)O[C@H](COC(=O)CCCCCCCCCCCCCCCCCCCC)COP(=O)(O)OCCN. The van der Waals surface area contributed by atoms with Crippen molar-refractivity contribution in [1.82, 2.24) is 0 Å². The quantitative estimate of drug-likeness (QED) is 0.0268. The molecule has 0 spiro atoms. The zero-order chi connectivity index (χ0) is 39.6. The second kappa shape index (κ2) is 41.4. The van der Waals surface area contributed by atoms with E-state index in [4.69, 9.17) is 24.3 Å². The summed E-state index contributed by atoms with van der Waals surface area (Å²) < 4.78 is 32.8. The summed E-state index contributed by atoms with van der Waals surface area (Å²) in [4.78, 5) is 34.9. The first-order valence-electron chi connectivity index (χ1n) is 22.7. The van der Waals surface area contributed by atoms with Crippen LogP contribution in [0.1, 0.15) is 226 Å². The highest BCUT2D eigenvalue weighted by atomic mass is 31.2. The Hall–Kier alpha value is -1.25. The Kier molecular flexibility index (Phi) is 40.4. The molecule has 0 aromatic rings. The fourth-order valence-electron chi connectivity index (χ4n) is 6.51. The third-order valence-corrected chi connectivity index (χ3v) is 10.9. The monoisotopic (exact) mass is 788 g/mol. The van der Waals surface area contributed by atoms with Gasteiger partial charge in [-0.2, -0.15) is 0 Å². The number of carbonyl (C=O) groups is 2. The van der Waals surface area contributed by atoms with Crippen molar-refractivity contribution < 1.29 is 37.6 Å². The van der Waals surface area contributed by atoms with Crippen LogP contribution >= 0.6 is 7.82 Å². The van der Waals surface area contributed by atoms with Crippen molar-refractivity contribution in [2.75, 3.05) is 26.4 Å². The van der Waals surface area contributed by atoms with Gasteiger partial charge in [0.25, 0.3) is 0 Å². The number of unbranched alkanes of at least 4 members (excludes halogenated alkanes) is 28. The van der Waals surface area contributed by atoms with Crippen molar-refractivity contribution in [1.29, 1.82) is 0 Å². The summed E-state index contributed by atoms with van der Waals surface area (Å²) in [7, 11) is -4.38. The lowest BCUT2D eigenvalue weighted by molar-refractivity contribution is -0.161. The molecular formula is C44H86NO8P. The number of hydrogen-bond acceptors (Lipinski definition) is 8. The second-order valence-electron chi connectivity index (χ2n) is 15.3. The maximum Gasteiger partial charge on any atom is 0.472 e. The summed E-state index contributed by atoms with van der Waals surface area (Å²) in [6.45, 7) is 3.74. The van der Waals surface area contributed by atoms with Crippen molar-refractivity contribution in [2.45, 2.75) is 232 Å². The molecule has 0 aliphatic rings. The van der Waals surface area contributed by atoms with Gasteiger partial charge in [-0.1, -0.05) is 187 Å². The van der Waals surface area contributed by atoms with E-state index in [1.165, 1.54) is 154 Å². The number of allylic oxidation sites excluding steroid dienone is 2. The number of carbonyl (C=O) groups excluding carboxylic acids is 2. The fourth-order valence-corrected chi connectivity index (χ4v) is 7.28. The molecule has 0 saturated heterocycles. The Morgan fingerprint density at radius 1 is 0.537 bits per heavy atom. The standard InChI is InChI=1S/C44H86NO8P/c1-3-5-7-9-11-13-15-17-19-20-21-23-24-26-28-30-32-34-36-43(46)50-40-42(41-52-54(48,49)51-39-38-45)53-44(47)37-35-33-31-29-27-25-22-18-16-14-12-10-8-6-4-2/h27,29,42H,3-26,28,30-41,45H2,1-2H3,(H,48,49)/b29-27+/t42-/m1/s1. The Morgan fingerprint density at radius 3 is 1.35 bits per heavy atom. The molecule has 3 N–H and O–H groups in total. The average Bonchev–Trinajstić information content (AvgIpc) is 3.16. The van der Waals surface area contributed by atoms with Gasteiger partial charge in [0.1, 0.15) is 6.61 Å². The normalized spacial score (nSPS) is 13.3. The molecule has 0 saturated carbocycles. The molecule has 9 nitrogen and oxygen atoms in total. The number of phosphoric acid groups is 1. The first-order chi connectivity index (χ1) is 26.3. The number of esters is 2. The van der Waals surface area contributed by atoms with Crippen molar-refractivity contribution in [2.24, 2.45) is 5.73 Å². The van der Waals surface area contributed by atoms with Gasteiger partial charge in [0.15, 0.2) is 6.10 Å². The molecule has 0 aromatic carbocycles. The topological polar surface area (TPSA) is 134 Å². The predicted molar refractivity (Wildman–Crippen MR) is 224 cm³/mol. The van der Waals surface area contributed by atoms with Crippen LogP contribution in [0, 0.1) is 0 Å². The van der Waals surface area contributed by atoms with Crippen LogP contribution in [-0.2, 0) is 32.7 Å². The molecule has 0 aromatic heterocycles. The predicted octanol–water partition coefficient (Wildman–Crippen LogP) is 13.0. The van der Waals surface area contributed by atoms with E-state index in [1.54, 1.807) is 0 Å². The summed E-state index contributed by atoms with van der Waals surface area (Å²) in [6, 6.07) is 0. The molecule has 0 radical (unpaired) electrons. The highest BCUT2D eigenvalue weighted by Gasteiger charge is 2.26. The van der Waals surface area contributed by atoms with Crippen LogP contribution in [0.2, 0.25) is 0 Å². The highest BCUT2D eigenvalue weighted by Crippen LogP contribution is 2.43. The Morgan fingerprint density at radius 2 is 0.907 bits per heavy atom. The lowest BCUT2D eigenvalue weighted by Crippen LogP contribution is -2.29. The van der Waals surface area contributed by atoms with Crippen LogP contribution in [0.5, 0.6) is 0 Å². The van der Waals surface area contributed by atoms with Crippen molar-refractivity contribution in [3.63, 3.8) is 0 Å². The maximum absolute atomic E-state index is 12.6. The molecule has 0 aliphatic carbocycles. The lowest BCUT2D eigenvalue weighted by Gasteiger charge is -2.19. The second-order valence-corrected chi connectivity index (χ2v) is 16.7. The van der Waals surface area contributed by atoms with E-state index in [1.807, 2.05) is 0 Å². The van der Waals surface area contributed by atoms with Crippen LogP contribution in [0.25, 0.3) is 0 Å². The van der Waals surface area contributed by atoms with E-state index in [-0.39, 0.29) is 38.6 Å². The van der Waals surface area contributed by atoms with Gasteiger partial charge in [-0.05, 0) is 38.5 Å².